The van der Waals surface area contributed by atoms with E-state index in [0.29, 0.717) is 0 Å². The molecular weight excluding hydrogens is 284 g/mol. The summed E-state index contributed by atoms with van der Waals surface area (Å²) in [4.78, 5) is 12.1. The van der Waals surface area contributed by atoms with Crippen LogP contribution in [0.2, 0.25) is 0 Å². The van der Waals surface area contributed by atoms with Crippen molar-refractivity contribution in [2.24, 2.45) is 5.92 Å². The van der Waals surface area contributed by atoms with Crippen LogP contribution in [-0.4, -0.2) is 10.9 Å². The quantitative estimate of drug-likeness (QED) is 0.527. The SMILES string of the molecule is C[C@H]1CCCCCCCCCCCCCCCC/C=C(\O)C1=O. The summed E-state index contributed by atoms with van der Waals surface area (Å²) in [5, 5.41) is 9.92. The second kappa shape index (κ2) is 13.6. The highest BCUT2D eigenvalue weighted by Crippen LogP contribution is 2.17. The fourth-order valence-electron chi connectivity index (χ4n) is 3.44. The van der Waals surface area contributed by atoms with Gasteiger partial charge in [0.05, 0.1) is 0 Å². The summed E-state index contributed by atoms with van der Waals surface area (Å²) in [6.45, 7) is 1.96. The zero-order valence-corrected chi connectivity index (χ0v) is 15.3. The van der Waals surface area contributed by atoms with Crippen LogP contribution in [0, 0.1) is 5.92 Å². The number of rotatable bonds is 0. The molecule has 2 nitrogen and oxygen atoms in total. The summed E-state index contributed by atoms with van der Waals surface area (Å²) in [7, 11) is 0. The predicted molar refractivity (Wildman–Crippen MR) is 98.8 cm³/mol. The molecule has 0 saturated heterocycles. The fraction of sp³-hybridized carbons (Fsp3) is 0.857. The van der Waals surface area contributed by atoms with Crippen molar-refractivity contribution in [3.05, 3.63) is 11.8 Å². The van der Waals surface area contributed by atoms with Gasteiger partial charge in [0.1, 0.15) is 0 Å². The predicted octanol–water partition coefficient (Wildman–Crippen LogP) is 6.89. The molecule has 0 spiro atoms. The van der Waals surface area contributed by atoms with Gasteiger partial charge in [-0.25, -0.2) is 0 Å². The molecule has 2 heteroatoms. The Labute approximate surface area is 143 Å². The van der Waals surface area contributed by atoms with Crippen LogP contribution >= 0.6 is 0 Å². The molecule has 23 heavy (non-hydrogen) atoms. The highest BCUT2D eigenvalue weighted by Gasteiger charge is 2.16. The second-order valence-corrected chi connectivity index (χ2v) is 7.38. The van der Waals surface area contributed by atoms with E-state index in [9.17, 15) is 9.90 Å². The second-order valence-electron chi connectivity index (χ2n) is 7.38. The maximum Gasteiger partial charge on any atom is 0.199 e. The number of carbonyl (C=O) groups is 1. The number of aliphatic hydroxyl groups excluding tert-OH is 1. The van der Waals surface area contributed by atoms with Crippen molar-refractivity contribution in [1.82, 2.24) is 0 Å². The van der Waals surface area contributed by atoms with Gasteiger partial charge in [0, 0.05) is 5.92 Å². The molecule has 0 saturated carbocycles. The van der Waals surface area contributed by atoms with Crippen molar-refractivity contribution in [2.75, 3.05) is 0 Å². The highest BCUT2D eigenvalue weighted by molar-refractivity contribution is 5.94. The van der Waals surface area contributed by atoms with Gasteiger partial charge in [-0.05, 0) is 25.3 Å². The standard InChI is InChI=1S/C21H38O2/c1-19-17-15-13-11-9-7-5-3-2-4-6-8-10-12-14-16-18-20(22)21(19)23/h18-19,22H,2-17H2,1H3/b20-18-/t19-/m0/s1. The monoisotopic (exact) mass is 322 g/mol. The average Bonchev–Trinajstić information content (AvgIpc) is 2.55. The van der Waals surface area contributed by atoms with Crippen molar-refractivity contribution in [3.8, 4) is 0 Å². The maximum atomic E-state index is 12.1. The Hall–Kier alpha value is -0.790. The van der Waals surface area contributed by atoms with E-state index in [4.69, 9.17) is 0 Å². The Kier molecular flexibility index (Phi) is 12.0. The van der Waals surface area contributed by atoms with Crippen LogP contribution in [0.1, 0.15) is 110 Å². The Morgan fingerprint density at radius 2 is 1.13 bits per heavy atom. The number of aliphatic hydroxyl groups is 1. The summed E-state index contributed by atoms with van der Waals surface area (Å²) in [6.07, 6.45) is 21.8. The third-order valence-electron chi connectivity index (χ3n) is 5.13. The molecule has 1 rings (SSSR count). The minimum Gasteiger partial charge on any atom is -0.505 e. The molecule has 134 valence electrons. The van der Waals surface area contributed by atoms with Crippen molar-refractivity contribution in [3.63, 3.8) is 0 Å². The molecule has 0 bridgehead atoms. The molecule has 0 radical (unpaired) electrons. The van der Waals surface area contributed by atoms with E-state index in [-0.39, 0.29) is 17.5 Å². The minimum absolute atomic E-state index is 0.00639. The normalized spacial score (nSPS) is 27.8. The summed E-state index contributed by atoms with van der Waals surface area (Å²) in [5.41, 5.74) is 0. The number of hydrogen-bond acceptors (Lipinski definition) is 2. The molecule has 1 atom stereocenters. The largest absolute Gasteiger partial charge is 0.505 e. The average molecular weight is 323 g/mol. The van der Waals surface area contributed by atoms with Gasteiger partial charge in [-0.15, -0.1) is 0 Å². The summed E-state index contributed by atoms with van der Waals surface area (Å²) < 4.78 is 0. The number of allylic oxidation sites excluding steroid dienone is 2. The molecular formula is C21H38O2. The summed E-state index contributed by atoms with van der Waals surface area (Å²) in [6, 6.07) is 0. The van der Waals surface area contributed by atoms with E-state index in [1.807, 2.05) is 6.92 Å². The van der Waals surface area contributed by atoms with E-state index >= 15 is 0 Å². The first-order valence-electron chi connectivity index (χ1n) is 10.1. The van der Waals surface area contributed by atoms with E-state index in [2.05, 4.69) is 0 Å². The Morgan fingerprint density at radius 1 is 0.739 bits per heavy atom. The molecule has 0 aromatic heterocycles. The van der Waals surface area contributed by atoms with Gasteiger partial charge in [-0.2, -0.15) is 0 Å². The first kappa shape index (κ1) is 20.3. The minimum atomic E-state index is -0.0561. The topological polar surface area (TPSA) is 37.3 Å². The zero-order chi connectivity index (χ0) is 16.8. The van der Waals surface area contributed by atoms with Gasteiger partial charge < -0.3 is 5.11 Å². The van der Waals surface area contributed by atoms with Crippen LogP contribution in [0.3, 0.4) is 0 Å². The van der Waals surface area contributed by atoms with E-state index in [1.54, 1.807) is 6.08 Å². The van der Waals surface area contributed by atoms with Gasteiger partial charge in [0.2, 0.25) is 0 Å². The van der Waals surface area contributed by atoms with Gasteiger partial charge in [0.25, 0.3) is 0 Å². The molecule has 0 aromatic carbocycles. The van der Waals surface area contributed by atoms with Crippen molar-refractivity contribution in [1.29, 1.82) is 0 Å². The lowest BCUT2D eigenvalue weighted by Gasteiger charge is -2.10. The number of Topliss-reactive ketones (excluding diaryl/α,β-unsaturated/α-hetero) is 1. The summed E-state index contributed by atoms with van der Waals surface area (Å²) in [5.74, 6) is -0.0804. The van der Waals surface area contributed by atoms with Gasteiger partial charge >= 0.3 is 0 Å². The Morgan fingerprint density at radius 3 is 1.61 bits per heavy atom. The number of carbonyl (C=O) groups excluding carboxylic acids is 1. The number of hydrogen-bond donors (Lipinski definition) is 1. The first-order valence-corrected chi connectivity index (χ1v) is 10.1. The fourth-order valence-corrected chi connectivity index (χ4v) is 3.44. The van der Waals surface area contributed by atoms with Gasteiger partial charge in [-0.3, -0.25) is 4.79 Å². The maximum absolute atomic E-state index is 12.1. The molecule has 0 heterocycles. The van der Waals surface area contributed by atoms with Crippen LogP contribution in [0.25, 0.3) is 0 Å². The van der Waals surface area contributed by atoms with E-state index in [1.165, 1.54) is 77.0 Å². The third-order valence-corrected chi connectivity index (χ3v) is 5.13. The molecule has 0 aliphatic heterocycles. The molecule has 1 N–H and O–H groups in total. The molecule has 1 aliphatic rings. The molecule has 1 aliphatic carbocycles. The van der Waals surface area contributed by atoms with Crippen LogP contribution in [-0.2, 0) is 4.79 Å². The van der Waals surface area contributed by atoms with Crippen LogP contribution in [0.5, 0.6) is 0 Å². The van der Waals surface area contributed by atoms with Gasteiger partial charge in [0.15, 0.2) is 11.5 Å². The molecule has 0 unspecified atom stereocenters. The van der Waals surface area contributed by atoms with Crippen molar-refractivity contribution >= 4 is 5.78 Å². The van der Waals surface area contributed by atoms with Crippen molar-refractivity contribution < 1.29 is 9.90 Å². The molecule has 0 fully saturated rings. The lowest BCUT2D eigenvalue weighted by Crippen LogP contribution is -2.13. The molecule has 0 amide bonds. The van der Waals surface area contributed by atoms with Crippen molar-refractivity contribution in [2.45, 2.75) is 110 Å². The van der Waals surface area contributed by atoms with Gasteiger partial charge in [-0.1, -0.05) is 90.4 Å². The lowest BCUT2D eigenvalue weighted by molar-refractivity contribution is -0.121. The number of ketones is 1. The Bertz CT molecular complexity index is 333. The third kappa shape index (κ3) is 10.6. The van der Waals surface area contributed by atoms with E-state index < -0.39 is 0 Å². The van der Waals surface area contributed by atoms with Crippen LogP contribution in [0.15, 0.2) is 11.8 Å². The zero-order valence-electron chi connectivity index (χ0n) is 15.3. The highest BCUT2D eigenvalue weighted by atomic mass is 16.3. The van der Waals surface area contributed by atoms with Crippen LogP contribution < -0.4 is 0 Å². The first-order chi connectivity index (χ1) is 11.2. The lowest BCUT2D eigenvalue weighted by atomic mass is 9.96. The molecule has 0 aromatic rings. The van der Waals surface area contributed by atoms with Crippen LogP contribution in [0.4, 0.5) is 0 Å². The summed E-state index contributed by atoms with van der Waals surface area (Å²) >= 11 is 0. The van der Waals surface area contributed by atoms with E-state index in [0.717, 1.165) is 25.7 Å². The smallest absolute Gasteiger partial charge is 0.199 e. The Balaban J connectivity index is 2.35.